The number of aliphatic imine (C=N–C) groups is 1. The Balaban J connectivity index is 0.00000450. The number of nitrogens with one attached hydrogen (secondary N) is 2. The predicted octanol–water partition coefficient (Wildman–Crippen LogP) is 3.31. The van der Waals surface area contributed by atoms with Crippen LogP contribution in [0.4, 0.5) is 0 Å². The fourth-order valence-electron chi connectivity index (χ4n) is 3.20. The van der Waals surface area contributed by atoms with Crippen molar-refractivity contribution in [2.75, 3.05) is 19.3 Å². The highest BCUT2D eigenvalue weighted by molar-refractivity contribution is 14.0. The van der Waals surface area contributed by atoms with Crippen LogP contribution in [-0.2, 0) is 26.6 Å². The molecule has 0 saturated carbocycles. The minimum absolute atomic E-state index is 0. The fourth-order valence-corrected chi connectivity index (χ4v) is 3.73. The second-order valence-electron chi connectivity index (χ2n) is 7.61. The summed E-state index contributed by atoms with van der Waals surface area (Å²) in [6.45, 7) is 13.9. The number of nitrogens with zero attached hydrogens (tertiary/aromatic N) is 6. The van der Waals surface area contributed by atoms with Crippen LogP contribution in [0.15, 0.2) is 10.1 Å². The van der Waals surface area contributed by atoms with Crippen LogP contribution in [0.1, 0.15) is 50.0 Å². The van der Waals surface area contributed by atoms with Gasteiger partial charge in [0.25, 0.3) is 0 Å². The van der Waals surface area contributed by atoms with E-state index in [4.69, 9.17) is 4.99 Å². The molecule has 2 aromatic rings. The number of thioether (sulfide) groups is 1. The number of hydrogen-bond donors (Lipinski definition) is 2. The molecule has 2 rings (SSSR count). The van der Waals surface area contributed by atoms with Crippen LogP contribution < -0.4 is 10.6 Å². The predicted molar refractivity (Wildman–Crippen MR) is 136 cm³/mol. The largest absolute Gasteiger partial charge is 0.357 e. The first kappa shape index (κ1) is 26.7. The van der Waals surface area contributed by atoms with E-state index >= 15 is 0 Å². The lowest BCUT2D eigenvalue weighted by molar-refractivity contribution is 0.477. The molecule has 0 aromatic carbocycles. The Morgan fingerprint density at radius 1 is 1.20 bits per heavy atom. The van der Waals surface area contributed by atoms with E-state index in [1.165, 1.54) is 5.56 Å². The van der Waals surface area contributed by atoms with E-state index in [1.807, 2.05) is 18.7 Å². The van der Waals surface area contributed by atoms with Gasteiger partial charge in [-0.15, -0.1) is 34.2 Å². The van der Waals surface area contributed by atoms with Gasteiger partial charge in [-0.2, -0.15) is 5.10 Å². The van der Waals surface area contributed by atoms with Gasteiger partial charge >= 0.3 is 0 Å². The summed E-state index contributed by atoms with van der Waals surface area (Å²) in [6.07, 6.45) is 3.92. The zero-order chi connectivity index (χ0) is 21.4. The minimum Gasteiger partial charge on any atom is -0.357 e. The van der Waals surface area contributed by atoms with E-state index in [2.05, 4.69) is 64.4 Å². The number of halogens is 1. The molecular weight excluding hydrogens is 511 g/mol. The Kier molecular flexibility index (Phi) is 11.7. The van der Waals surface area contributed by atoms with Gasteiger partial charge in [-0.25, -0.2) is 4.99 Å². The molecular formula is C20H37IN8S. The summed E-state index contributed by atoms with van der Waals surface area (Å²) in [7, 11) is 1.97. The Morgan fingerprint density at radius 3 is 2.50 bits per heavy atom. The third kappa shape index (κ3) is 7.44. The van der Waals surface area contributed by atoms with Crippen molar-refractivity contribution in [1.29, 1.82) is 0 Å². The molecule has 170 valence electrons. The fraction of sp³-hybridized carbons (Fsp3) is 0.700. The molecule has 2 aromatic heterocycles. The SMILES string of the molecule is CCNC(=NCc1c(C)nn(C)c1C)NCCCc1nnc(SC)n1CC(C)C.I. The van der Waals surface area contributed by atoms with Gasteiger partial charge in [0.15, 0.2) is 11.1 Å². The van der Waals surface area contributed by atoms with Gasteiger partial charge in [0, 0.05) is 44.4 Å². The molecule has 0 saturated heterocycles. The van der Waals surface area contributed by atoms with Crippen LogP contribution in [0, 0.1) is 19.8 Å². The quantitative estimate of drug-likeness (QED) is 0.156. The molecule has 0 spiro atoms. The highest BCUT2D eigenvalue weighted by Gasteiger charge is 2.12. The number of hydrogen-bond acceptors (Lipinski definition) is 5. The average molecular weight is 549 g/mol. The van der Waals surface area contributed by atoms with E-state index in [0.717, 1.165) is 60.8 Å². The topological polar surface area (TPSA) is 84.9 Å². The van der Waals surface area contributed by atoms with Gasteiger partial charge in [-0.3, -0.25) is 4.68 Å². The van der Waals surface area contributed by atoms with Crippen molar-refractivity contribution in [2.24, 2.45) is 18.0 Å². The molecule has 30 heavy (non-hydrogen) atoms. The maximum atomic E-state index is 4.74. The highest BCUT2D eigenvalue weighted by Crippen LogP contribution is 2.16. The molecule has 2 heterocycles. The third-order valence-corrected chi connectivity index (χ3v) is 5.46. The summed E-state index contributed by atoms with van der Waals surface area (Å²) in [6, 6.07) is 0. The summed E-state index contributed by atoms with van der Waals surface area (Å²) >= 11 is 1.66. The van der Waals surface area contributed by atoms with Crippen molar-refractivity contribution in [1.82, 2.24) is 35.2 Å². The zero-order valence-electron chi connectivity index (χ0n) is 19.3. The van der Waals surface area contributed by atoms with E-state index in [9.17, 15) is 0 Å². The molecule has 0 radical (unpaired) electrons. The Hall–Kier alpha value is -1.30. The van der Waals surface area contributed by atoms with Crippen molar-refractivity contribution in [2.45, 2.75) is 65.7 Å². The van der Waals surface area contributed by atoms with E-state index in [1.54, 1.807) is 11.8 Å². The Labute approximate surface area is 202 Å². The first-order valence-electron chi connectivity index (χ1n) is 10.3. The number of aryl methyl sites for hydroxylation is 3. The van der Waals surface area contributed by atoms with Gasteiger partial charge < -0.3 is 15.2 Å². The second kappa shape index (κ2) is 13.2. The van der Waals surface area contributed by atoms with Crippen molar-refractivity contribution in [3.8, 4) is 0 Å². The lowest BCUT2D eigenvalue weighted by atomic mass is 10.2. The van der Waals surface area contributed by atoms with Crippen LogP contribution in [0.25, 0.3) is 0 Å². The maximum Gasteiger partial charge on any atom is 0.191 e. The first-order chi connectivity index (χ1) is 13.9. The van der Waals surface area contributed by atoms with Crippen LogP contribution >= 0.6 is 35.7 Å². The van der Waals surface area contributed by atoms with Crippen molar-refractivity contribution in [3.05, 3.63) is 22.8 Å². The molecule has 0 amide bonds. The Morgan fingerprint density at radius 2 is 1.93 bits per heavy atom. The van der Waals surface area contributed by atoms with Gasteiger partial charge in [0.2, 0.25) is 0 Å². The van der Waals surface area contributed by atoms with Gasteiger partial charge in [0.05, 0.1) is 12.2 Å². The molecule has 0 aliphatic carbocycles. The molecule has 8 nitrogen and oxygen atoms in total. The molecule has 0 atom stereocenters. The van der Waals surface area contributed by atoms with Gasteiger partial charge in [0.1, 0.15) is 5.82 Å². The maximum absolute atomic E-state index is 4.74. The lowest BCUT2D eigenvalue weighted by Crippen LogP contribution is -2.38. The smallest absolute Gasteiger partial charge is 0.191 e. The second-order valence-corrected chi connectivity index (χ2v) is 8.38. The number of rotatable bonds is 10. The summed E-state index contributed by atoms with van der Waals surface area (Å²) in [5.74, 6) is 2.47. The van der Waals surface area contributed by atoms with E-state index < -0.39 is 0 Å². The zero-order valence-corrected chi connectivity index (χ0v) is 22.5. The first-order valence-corrected chi connectivity index (χ1v) is 11.6. The molecule has 10 heteroatoms. The standard InChI is InChI=1S/C20H36N8S.HI/c1-8-21-19(23-12-17-15(4)26-27(6)16(17)5)22-11-9-10-18-24-25-20(29-7)28(18)13-14(2)3;/h14H,8-13H2,1-7H3,(H2,21,22,23);1H. The van der Waals surface area contributed by atoms with Crippen LogP contribution in [-0.4, -0.2) is 49.8 Å². The third-order valence-electron chi connectivity index (χ3n) is 4.79. The van der Waals surface area contributed by atoms with Crippen LogP contribution in [0.2, 0.25) is 0 Å². The lowest BCUT2D eigenvalue weighted by Gasteiger charge is -2.13. The number of aromatic nitrogens is 5. The molecule has 0 aliphatic rings. The normalized spacial score (nSPS) is 11.7. The summed E-state index contributed by atoms with van der Waals surface area (Å²) in [5, 5.41) is 21.0. The van der Waals surface area contributed by atoms with Crippen LogP contribution in [0.5, 0.6) is 0 Å². The van der Waals surface area contributed by atoms with Crippen molar-refractivity contribution in [3.63, 3.8) is 0 Å². The molecule has 0 unspecified atom stereocenters. The van der Waals surface area contributed by atoms with Crippen molar-refractivity contribution >= 4 is 41.7 Å². The summed E-state index contributed by atoms with van der Waals surface area (Å²) in [4.78, 5) is 4.74. The molecule has 2 N–H and O–H groups in total. The molecule has 0 fully saturated rings. The van der Waals surface area contributed by atoms with Gasteiger partial charge in [-0.05, 0) is 39.4 Å². The average Bonchev–Trinajstić information content (AvgIpc) is 3.16. The molecule has 0 bridgehead atoms. The molecule has 0 aliphatic heterocycles. The minimum atomic E-state index is 0. The number of guanidine groups is 1. The van der Waals surface area contributed by atoms with E-state index in [0.29, 0.717) is 12.5 Å². The van der Waals surface area contributed by atoms with E-state index in [-0.39, 0.29) is 24.0 Å². The monoisotopic (exact) mass is 548 g/mol. The van der Waals surface area contributed by atoms with Crippen LogP contribution in [0.3, 0.4) is 0 Å². The summed E-state index contributed by atoms with van der Waals surface area (Å²) < 4.78 is 4.17. The Bertz CT molecular complexity index is 812. The summed E-state index contributed by atoms with van der Waals surface area (Å²) in [5.41, 5.74) is 3.39. The van der Waals surface area contributed by atoms with Gasteiger partial charge in [-0.1, -0.05) is 25.6 Å². The van der Waals surface area contributed by atoms with Crippen molar-refractivity contribution < 1.29 is 0 Å². The highest BCUT2D eigenvalue weighted by atomic mass is 127.